The smallest absolute Gasteiger partial charge is 0.00144 e. The lowest BCUT2D eigenvalue weighted by Gasteiger charge is -1.97. The average Bonchev–Trinajstić information content (AvgIpc) is 1.89. The highest BCUT2D eigenvalue weighted by Crippen LogP contribution is 1.96. The van der Waals surface area contributed by atoms with Crippen LogP contribution in [-0.4, -0.2) is 13.1 Å². The fraction of sp³-hybridized carbons (Fsp3) is 1.00. The molecule has 0 amide bonds. The van der Waals surface area contributed by atoms with Gasteiger partial charge in [-0.1, -0.05) is 22.2 Å². The summed E-state index contributed by atoms with van der Waals surface area (Å²) in [4.78, 5) is 0. The Morgan fingerprint density at radius 1 is 1.11 bits per heavy atom. The van der Waals surface area contributed by atoms with Crippen LogP contribution in [0.3, 0.4) is 0 Å². The first-order valence-electron chi connectivity index (χ1n) is 3.55. The predicted octanol–water partition coefficient (Wildman–Crippen LogP) is 0.885. The van der Waals surface area contributed by atoms with Crippen molar-refractivity contribution in [3.8, 4) is 0 Å². The quantitative estimate of drug-likeness (QED) is 0.433. The van der Waals surface area contributed by atoms with Crippen molar-refractivity contribution in [3.05, 3.63) is 0 Å². The number of nitrogens with one attached hydrogen (secondary N) is 1. The third-order valence-electron chi connectivity index (χ3n) is 1.28. The van der Waals surface area contributed by atoms with Crippen LogP contribution in [0.15, 0.2) is 0 Å². The summed E-state index contributed by atoms with van der Waals surface area (Å²) in [5.74, 6) is 0. The van der Waals surface area contributed by atoms with E-state index < -0.39 is 0 Å². The molecule has 2 nitrogen and oxygen atoms in total. The monoisotopic (exact) mass is 148 g/mol. The summed E-state index contributed by atoms with van der Waals surface area (Å²) in [7, 11) is 2.50. The highest BCUT2D eigenvalue weighted by atomic mass is 31.0. The summed E-state index contributed by atoms with van der Waals surface area (Å²) in [6.07, 6.45) is 5.03. The van der Waals surface area contributed by atoms with Gasteiger partial charge in [-0.3, -0.25) is 0 Å². The van der Waals surface area contributed by atoms with E-state index in [0.717, 1.165) is 13.1 Å². The molecule has 0 aliphatic rings. The van der Waals surface area contributed by atoms with Crippen LogP contribution in [0.2, 0.25) is 0 Å². The molecule has 0 aromatic heterocycles. The second-order valence-corrected chi connectivity index (χ2v) is 2.57. The zero-order valence-corrected chi connectivity index (χ0v) is 7.05. The van der Waals surface area contributed by atoms with Gasteiger partial charge in [0, 0.05) is 0 Å². The molecule has 0 fully saturated rings. The Morgan fingerprint density at radius 3 is 2.33 bits per heavy atom. The summed E-state index contributed by atoms with van der Waals surface area (Å²) < 4.78 is 0. The Balaban J connectivity index is 2.60. The lowest BCUT2D eigenvalue weighted by molar-refractivity contribution is 0.644. The van der Waals surface area contributed by atoms with E-state index in [1.165, 1.54) is 25.7 Å². The van der Waals surface area contributed by atoms with Gasteiger partial charge < -0.3 is 10.8 Å². The van der Waals surface area contributed by atoms with Crippen LogP contribution in [0.25, 0.3) is 0 Å². The van der Waals surface area contributed by atoms with E-state index in [1.54, 1.807) is 0 Å². The maximum Gasteiger partial charge on any atom is -0.00144 e. The Hall–Kier alpha value is 0.350. The van der Waals surface area contributed by atoms with Gasteiger partial charge >= 0.3 is 0 Å². The van der Waals surface area contributed by atoms with Crippen LogP contribution in [-0.2, 0) is 0 Å². The largest absolute Gasteiger partial charge is 0.330 e. The molecule has 0 spiro atoms. The van der Waals surface area contributed by atoms with Gasteiger partial charge in [0.05, 0.1) is 0 Å². The molecule has 0 rings (SSSR count). The van der Waals surface area contributed by atoms with Crippen molar-refractivity contribution in [2.45, 2.75) is 25.7 Å². The highest BCUT2D eigenvalue weighted by molar-refractivity contribution is 7.13. The van der Waals surface area contributed by atoms with Crippen molar-refractivity contribution in [2.24, 2.45) is 5.73 Å². The molecule has 0 heterocycles. The molecular weight excluding hydrogens is 131 g/mol. The number of hydrogen-bond donors (Lipinski definition) is 2. The van der Waals surface area contributed by atoms with E-state index in [4.69, 9.17) is 5.73 Å². The van der Waals surface area contributed by atoms with E-state index in [9.17, 15) is 0 Å². The average molecular weight is 148 g/mol. The molecule has 0 bridgehead atoms. The Morgan fingerprint density at radius 2 is 1.78 bits per heavy atom. The molecular formula is C6H17N2P. The van der Waals surface area contributed by atoms with Gasteiger partial charge in [0.25, 0.3) is 0 Å². The van der Waals surface area contributed by atoms with Gasteiger partial charge in [0.2, 0.25) is 0 Å². The minimum atomic E-state index is 0.842. The maximum atomic E-state index is 5.32. The molecule has 0 radical (unpaired) electrons. The van der Waals surface area contributed by atoms with Gasteiger partial charge in [-0.15, -0.1) is 0 Å². The second-order valence-electron chi connectivity index (χ2n) is 2.16. The molecule has 1 atom stereocenters. The predicted molar refractivity (Wildman–Crippen MR) is 45.2 cm³/mol. The van der Waals surface area contributed by atoms with Gasteiger partial charge in [0.1, 0.15) is 0 Å². The van der Waals surface area contributed by atoms with Crippen molar-refractivity contribution in [2.75, 3.05) is 13.1 Å². The van der Waals surface area contributed by atoms with E-state index >= 15 is 0 Å². The summed E-state index contributed by atoms with van der Waals surface area (Å²) >= 11 is 0. The zero-order valence-electron chi connectivity index (χ0n) is 5.90. The third kappa shape index (κ3) is 8.35. The summed E-state index contributed by atoms with van der Waals surface area (Å²) in [6.45, 7) is 1.95. The van der Waals surface area contributed by atoms with Crippen molar-refractivity contribution in [3.63, 3.8) is 0 Å². The van der Waals surface area contributed by atoms with Crippen LogP contribution in [0, 0.1) is 0 Å². The van der Waals surface area contributed by atoms with Gasteiger partial charge in [-0.05, 0) is 25.9 Å². The molecule has 1 unspecified atom stereocenters. The van der Waals surface area contributed by atoms with Crippen LogP contribution >= 0.6 is 9.39 Å². The van der Waals surface area contributed by atoms with Gasteiger partial charge in [0.15, 0.2) is 0 Å². The molecule has 0 aromatic rings. The molecule has 0 aromatic carbocycles. The standard InChI is InChI=1S/C6H17N2P/c7-5-3-1-2-4-6-8-9/h8H,1-7,9H2. The van der Waals surface area contributed by atoms with Crippen molar-refractivity contribution in [1.82, 2.24) is 5.09 Å². The van der Waals surface area contributed by atoms with Gasteiger partial charge in [-0.25, -0.2) is 0 Å². The minimum Gasteiger partial charge on any atom is -0.330 e. The molecule has 3 N–H and O–H groups in total. The summed E-state index contributed by atoms with van der Waals surface area (Å²) in [6, 6.07) is 0. The first kappa shape index (κ1) is 9.35. The highest BCUT2D eigenvalue weighted by Gasteiger charge is 1.85. The van der Waals surface area contributed by atoms with Crippen LogP contribution in [0.4, 0.5) is 0 Å². The molecule has 0 aliphatic heterocycles. The van der Waals surface area contributed by atoms with Crippen LogP contribution in [0.5, 0.6) is 0 Å². The fourth-order valence-electron chi connectivity index (χ4n) is 0.725. The second kappa shape index (κ2) is 8.35. The topological polar surface area (TPSA) is 38.0 Å². The number of rotatable bonds is 6. The molecule has 3 heteroatoms. The Labute approximate surface area is 59.8 Å². The lowest BCUT2D eigenvalue weighted by atomic mass is 10.2. The maximum absolute atomic E-state index is 5.32. The Bertz CT molecular complexity index is 44.3. The van der Waals surface area contributed by atoms with E-state index in [0.29, 0.717) is 0 Å². The normalized spacial score (nSPS) is 10.0. The first-order chi connectivity index (χ1) is 4.41. The third-order valence-corrected chi connectivity index (χ3v) is 1.56. The molecule has 9 heavy (non-hydrogen) atoms. The van der Waals surface area contributed by atoms with E-state index in [1.807, 2.05) is 0 Å². The van der Waals surface area contributed by atoms with Crippen LogP contribution < -0.4 is 10.8 Å². The van der Waals surface area contributed by atoms with Crippen LogP contribution in [0.1, 0.15) is 25.7 Å². The van der Waals surface area contributed by atoms with Crippen molar-refractivity contribution in [1.29, 1.82) is 0 Å². The number of unbranched alkanes of at least 4 members (excludes halogenated alkanes) is 3. The van der Waals surface area contributed by atoms with E-state index in [-0.39, 0.29) is 0 Å². The summed E-state index contributed by atoms with van der Waals surface area (Å²) in [5, 5.41) is 3.03. The molecule has 56 valence electrons. The van der Waals surface area contributed by atoms with E-state index in [2.05, 4.69) is 14.5 Å². The molecule has 0 saturated carbocycles. The summed E-state index contributed by atoms with van der Waals surface area (Å²) in [5.41, 5.74) is 5.32. The first-order valence-corrected chi connectivity index (χ1v) is 4.13. The molecule has 0 saturated heterocycles. The SMILES string of the molecule is NCCCCCCNP. The van der Waals surface area contributed by atoms with Gasteiger partial charge in [-0.2, -0.15) is 0 Å². The zero-order chi connectivity index (χ0) is 6.95. The van der Waals surface area contributed by atoms with Crippen molar-refractivity contribution < 1.29 is 0 Å². The molecule has 0 aliphatic carbocycles. The minimum absolute atomic E-state index is 0.842. The Kier molecular flexibility index (Phi) is 8.67. The lowest BCUT2D eigenvalue weighted by Crippen LogP contribution is -2.01. The van der Waals surface area contributed by atoms with Crippen molar-refractivity contribution >= 4 is 9.39 Å². The number of hydrogen-bond acceptors (Lipinski definition) is 2. The fourth-order valence-corrected chi connectivity index (χ4v) is 0.929. The number of nitrogens with two attached hydrogens (primary N) is 1.